The fraction of sp³-hybridized carbons (Fsp3) is 0.267. The number of aromatic amines is 1. The van der Waals surface area contributed by atoms with Crippen molar-refractivity contribution in [2.75, 3.05) is 0 Å². The molecule has 1 aromatic heterocycles. The van der Waals surface area contributed by atoms with Gasteiger partial charge < -0.3 is 0 Å². The normalized spacial score (nSPS) is 11.8. The Hall–Kier alpha value is -2.41. The molecule has 0 amide bonds. The minimum Gasteiger partial charge on any atom is -0.268 e. The molecule has 4 nitrogen and oxygen atoms in total. The number of nitrogens with one attached hydrogen (secondary N) is 1. The zero-order valence-corrected chi connectivity index (χ0v) is 11.0. The quantitative estimate of drug-likeness (QED) is 0.914. The van der Waals surface area contributed by atoms with Gasteiger partial charge >= 0.3 is 0 Å². The van der Waals surface area contributed by atoms with Crippen molar-refractivity contribution >= 4 is 0 Å². The maximum absolute atomic E-state index is 11.1. The molecule has 1 N–H and O–H groups in total. The average Bonchev–Trinajstić information content (AvgIpc) is 2.46. The van der Waals surface area contributed by atoms with Crippen molar-refractivity contribution in [2.45, 2.75) is 26.2 Å². The summed E-state index contributed by atoms with van der Waals surface area (Å²) in [6.45, 7) is 4.32. The second-order valence-electron chi connectivity index (χ2n) is 4.54. The zero-order chi connectivity index (χ0) is 13.8. The topological polar surface area (TPSA) is 69.5 Å². The van der Waals surface area contributed by atoms with Crippen LogP contribution >= 0.6 is 0 Å². The van der Waals surface area contributed by atoms with Gasteiger partial charge in [0.2, 0.25) is 0 Å². The Kier molecular flexibility index (Phi) is 3.76. The fourth-order valence-corrected chi connectivity index (χ4v) is 1.91. The lowest BCUT2D eigenvalue weighted by molar-refractivity contribution is 0.734. The number of nitrogens with zero attached hydrogens (tertiary/aromatic N) is 2. The van der Waals surface area contributed by atoms with Gasteiger partial charge in [0.15, 0.2) is 0 Å². The molecule has 0 fully saturated rings. The molecule has 1 unspecified atom stereocenters. The number of rotatable bonds is 3. The highest BCUT2D eigenvalue weighted by Crippen LogP contribution is 2.24. The molecule has 0 bridgehead atoms. The molecule has 0 aliphatic carbocycles. The van der Waals surface area contributed by atoms with Gasteiger partial charge in [-0.15, -0.1) is 0 Å². The molecule has 19 heavy (non-hydrogen) atoms. The summed E-state index contributed by atoms with van der Waals surface area (Å²) >= 11 is 0. The van der Waals surface area contributed by atoms with Crippen LogP contribution in [0.3, 0.4) is 0 Å². The molecular formula is C15H15N3O. The summed E-state index contributed by atoms with van der Waals surface area (Å²) in [5, 5.41) is 15.4. The van der Waals surface area contributed by atoms with Gasteiger partial charge in [0.25, 0.3) is 5.56 Å². The van der Waals surface area contributed by atoms with Crippen LogP contribution < -0.4 is 5.56 Å². The van der Waals surface area contributed by atoms with E-state index in [0.717, 1.165) is 12.0 Å². The van der Waals surface area contributed by atoms with Crippen LogP contribution in [0.4, 0.5) is 0 Å². The maximum atomic E-state index is 11.1. The van der Waals surface area contributed by atoms with Crippen LogP contribution in [-0.4, -0.2) is 10.2 Å². The van der Waals surface area contributed by atoms with Crippen LogP contribution in [0.2, 0.25) is 0 Å². The van der Waals surface area contributed by atoms with Crippen LogP contribution in [0, 0.1) is 11.3 Å². The van der Waals surface area contributed by atoms with E-state index in [1.165, 1.54) is 11.6 Å². The average molecular weight is 253 g/mol. The molecule has 0 aliphatic rings. The van der Waals surface area contributed by atoms with E-state index in [0.29, 0.717) is 17.2 Å². The summed E-state index contributed by atoms with van der Waals surface area (Å²) in [7, 11) is 0. The van der Waals surface area contributed by atoms with E-state index in [2.05, 4.69) is 24.0 Å². The van der Waals surface area contributed by atoms with E-state index in [-0.39, 0.29) is 5.56 Å². The molecule has 0 spiro atoms. The summed E-state index contributed by atoms with van der Waals surface area (Å²) in [5.74, 6) is 0.507. The zero-order valence-electron chi connectivity index (χ0n) is 11.0. The number of H-pyrrole nitrogens is 1. The van der Waals surface area contributed by atoms with Crippen molar-refractivity contribution in [3.63, 3.8) is 0 Å². The minimum absolute atomic E-state index is 0.292. The van der Waals surface area contributed by atoms with E-state index in [1.54, 1.807) is 0 Å². The summed E-state index contributed by atoms with van der Waals surface area (Å²) in [5.41, 5.74) is 2.53. The highest BCUT2D eigenvalue weighted by molar-refractivity contribution is 5.65. The molecule has 0 saturated heterocycles. The number of hydrogen-bond acceptors (Lipinski definition) is 3. The highest BCUT2D eigenvalue weighted by atomic mass is 16.1. The van der Waals surface area contributed by atoms with Gasteiger partial charge in [-0.25, -0.2) is 5.10 Å². The second kappa shape index (κ2) is 5.49. The Morgan fingerprint density at radius 3 is 2.63 bits per heavy atom. The van der Waals surface area contributed by atoms with Crippen molar-refractivity contribution in [1.82, 2.24) is 10.2 Å². The lowest BCUT2D eigenvalue weighted by Crippen LogP contribution is -2.08. The van der Waals surface area contributed by atoms with Crippen molar-refractivity contribution in [3.05, 3.63) is 51.8 Å². The fourth-order valence-electron chi connectivity index (χ4n) is 1.91. The first-order valence-corrected chi connectivity index (χ1v) is 6.26. The largest absolute Gasteiger partial charge is 0.268 e. The van der Waals surface area contributed by atoms with Gasteiger partial charge in [0.05, 0.1) is 5.56 Å². The van der Waals surface area contributed by atoms with Crippen molar-refractivity contribution in [1.29, 1.82) is 5.26 Å². The third-order valence-corrected chi connectivity index (χ3v) is 3.29. The Balaban J connectivity index is 2.43. The summed E-state index contributed by atoms with van der Waals surface area (Å²) < 4.78 is 0. The van der Waals surface area contributed by atoms with Gasteiger partial charge in [0.1, 0.15) is 11.8 Å². The molecule has 2 rings (SSSR count). The monoisotopic (exact) mass is 253 g/mol. The second-order valence-corrected chi connectivity index (χ2v) is 4.54. The van der Waals surface area contributed by atoms with Crippen LogP contribution in [0.15, 0.2) is 35.1 Å². The van der Waals surface area contributed by atoms with Crippen molar-refractivity contribution in [3.8, 4) is 17.3 Å². The van der Waals surface area contributed by atoms with Gasteiger partial charge in [-0.1, -0.05) is 38.1 Å². The first kappa shape index (κ1) is 13.0. The van der Waals surface area contributed by atoms with E-state index in [4.69, 9.17) is 5.26 Å². The number of nitriles is 1. The van der Waals surface area contributed by atoms with Crippen LogP contribution in [-0.2, 0) is 0 Å². The van der Waals surface area contributed by atoms with E-state index in [1.807, 2.05) is 30.3 Å². The number of aromatic nitrogens is 2. The van der Waals surface area contributed by atoms with Gasteiger partial charge in [-0.3, -0.25) is 4.79 Å². The SMILES string of the molecule is CCC(C)c1ccc(-c2n[nH]c(=O)cc2C#N)cc1. The first-order valence-electron chi connectivity index (χ1n) is 6.26. The summed E-state index contributed by atoms with van der Waals surface area (Å²) in [6.07, 6.45) is 1.08. The predicted octanol–water partition coefficient (Wildman–Crippen LogP) is 2.82. The molecule has 4 heteroatoms. The third kappa shape index (κ3) is 2.71. The van der Waals surface area contributed by atoms with Gasteiger partial charge in [0, 0.05) is 11.6 Å². The minimum atomic E-state index is -0.364. The summed E-state index contributed by atoms with van der Waals surface area (Å²) in [4.78, 5) is 11.1. The standard InChI is InChI=1S/C15H15N3O/c1-3-10(2)11-4-6-12(7-5-11)15-13(9-16)8-14(19)17-18-15/h4-8,10H,3H2,1-2H3,(H,17,19). The molecule has 0 saturated carbocycles. The third-order valence-electron chi connectivity index (χ3n) is 3.29. The maximum Gasteiger partial charge on any atom is 0.265 e. The molecule has 96 valence electrons. The molecule has 1 atom stereocenters. The Labute approximate surface area is 111 Å². The summed E-state index contributed by atoms with van der Waals surface area (Å²) in [6, 6.07) is 11.2. The van der Waals surface area contributed by atoms with Crippen LogP contribution in [0.25, 0.3) is 11.3 Å². The lowest BCUT2D eigenvalue weighted by atomic mass is 9.96. The van der Waals surface area contributed by atoms with Crippen molar-refractivity contribution < 1.29 is 0 Å². The number of benzene rings is 1. The van der Waals surface area contributed by atoms with Crippen LogP contribution in [0.5, 0.6) is 0 Å². The first-order chi connectivity index (χ1) is 9.15. The molecule has 0 aliphatic heterocycles. The molecule has 2 aromatic rings. The lowest BCUT2D eigenvalue weighted by Gasteiger charge is -2.09. The smallest absolute Gasteiger partial charge is 0.265 e. The molecule has 0 radical (unpaired) electrons. The van der Waals surface area contributed by atoms with E-state index in [9.17, 15) is 4.79 Å². The van der Waals surface area contributed by atoms with Crippen LogP contribution in [0.1, 0.15) is 37.3 Å². The van der Waals surface area contributed by atoms with Crippen molar-refractivity contribution in [2.24, 2.45) is 0 Å². The Morgan fingerprint density at radius 1 is 1.37 bits per heavy atom. The Bertz CT molecular complexity index is 665. The van der Waals surface area contributed by atoms with Gasteiger partial charge in [-0.05, 0) is 17.9 Å². The molecular weight excluding hydrogens is 238 g/mol. The molecule has 1 heterocycles. The molecule has 1 aromatic carbocycles. The predicted molar refractivity (Wildman–Crippen MR) is 73.7 cm³/mol. The number of hydrogen-bond donors (Lipinski definition) is 1. The van der Waals surface area contributed by atoms with E-state index >= 15 is 0 Å². The van der Waals surface area contributed by atoms with E-state index < -0.39 is 0 Å². The highest BCUT2D eigenvalue weighted by Gasteiger charge is 2.09. The van der Waals surface area contributed by atoms with Gasteiger partial charge in [-0.2, -0.15) is 10.4 Å². The Morgan fingerprint density at radius 2 is 2.05 bits per heavy atom.